The van der Waals surface area contributed by atoms with Crippen molar-refractivity contribution in [3.63, 3.8) is 0 Å². The van der Waals surface area contributed by atoms with Gasteiger partial charge >= 0.3 is 12.2 Å². The zero-order valence-electron chi connectivity index (χ0n) is 13.9. The van der Waals surface area contributed by atoms with Crippen LogP contribution in [-0.4, -0.2) is 28.5 Å². The van der Waals surface area contributed by atoms with Gasteiger partial charge in [0.1, 0.15) is 13.2 Å². The third kappa shape index (κ3) is 6.58. The number of amides is 2. The van der Waals surface area contributed by atoms with E-state index >= 15 is 0 Å². The lowest BCUT2D eigenvalue weighted by Gasteiger charge is -2.21. The molecule has 2 rings (SSSR count). The van der Waals surface area contributed by atoms with Crippen LogP contribution in [0.2, 0.25) is 0 Å². The summed E-state index contributed by atoms with van der Waals surface area (Å²) < 4.78 is 10.5. The summed E-state index contributed by atoms with van der Waals surface area (Å²) in [6.07, 6.45) is -1.46. The molecule has 0 N–H and O–H groups in total. The lowest BCUT2D eigenvalue weighted by Crippen LogP contribution is -2.40. The fourth-order valence-corrected chi connectivity index (χ4v) is 2.36. The first-order valence-electron chi connectivity index (χ1n) is 7.89. The van der Waals surface area contributed by atoms with E-state index in [1.165, 1.54) is 0 Å². The summed E-state index contributed by atoms with van der Waals surface area (Å²) in [4.78, 5) is 25.5. The van der Waals surface area contributed by atoms with E-state index in [0.29, 0.717) is 0 Å². The van der Waals surface area contributed by atoms with E-state index in [2.05, 4.69) is 15.9 Å². The van der Waals surface area contributed by atoms with Gasteiger partial charge in [0.15, 0.2) is 0 Å². The van der Waals surface area contributed by atoms with Crippen molar-refractivity contribution in [2.75, 3.05) is 6.54 Å². The Hall–Kier alpha value is -2.34. The molecule has 0 saturated heterocycles. The first-order valence-corrected chi connectivity index (χ1v) is 8.81. The summed E-state index contributed by atoms with van der Waals surface area (Å²) in [7, 11) is 0. The third-order valence-corrected chi connectivity index (χ3v) is 3.57. The average molecular weight is 406 g/mol. The number of halogens is 1. The van der Waals surface area contributed by atoms with Crippen molar-refractivity contribution in [1.29, 1.82) is 0 Å². The van der Waals surface area contributed by atoms with Gasteiger partial charge in [-0.15, -0.1) is 0 Å². The molecule has 2 amide bonds. The fraction of sp³-hybridized carbons (Fsp3) is 0.263. The molecule has 0 saturated carbocycles. The largest absolute Gasteiger partial charge is 0.444 e. The van der Waals surface area contributed by atoms with Crippen molar-refractivity contribution in [3.8, 4) is 0 Å². The molecule has 1 atom stereocenters. The molecule has 25 heavy (non-hydrogen) atoms. The Morgan fingerprint density at radius 1 is 0.880 bits per heavy atom. The van der Waals surface area contributed by atoms with Crippen LogP contribution in [0, 0.1) is 0 Å². The molecule has 0 spiro atoms. The highest BCUT2D eigenvalue weighted by molar-refractivity contribution is 9.09. The second-order valence-corrected chi connectivity index (χ2v) is 7.03. The Morgan fingerprint density at radius 2 is 1.28 bits per heavy atom. The molecule has 0 aliphatic heterocycles. The summed E-state index contributed by atoms with van der Waals surface area (Å²) in [5, 5.41) is 0. The molecule has 132 valence electrons. The first kappa shape index (κ1) is 19.0. The minimum atomic E-state index is -0.729. The number of ether oxygens (including phenoxy) is 2. The van der Waals surface area contributed by atoms with E-state index in [4.69, 9.17) is 9.47 Å². The number of rotatable bonds is 6. The number of carbonyl (C=O) groups is 2. The maximum absolute atomic E-state index is 12.3. The van der Waals surface area contributed by atoms with Crippen molar-refractivity contribution in [2.24, 2.45) is 0 Å². The molecule has 0 aliphatic rings. The highest BCUT2D eigenvalue weighted by Gasteiger charge is 2.26. The van der Waals surface area contributed by atoms with Crippen LogP contribution in [-0.2, 0) is 22.7 Å². The number of imide groups is 1. The van der Waals surface area contributed by atoms with Crippen LogP contribution >= 0.6 is 15.9 Å². The van der Waals surface area contributed by atoms with Gasteiger partial charge in [-0.1, -0.05) is 83.5 Å². The Kier molecular flexibility index (Phi) is 7.47. The molecule has 0 fully saturated rings. The van der Waals surface area contributed by atoms with Gasteiger partial charge in [-0.25, -0.2) is 14.5 Å². The van der Waals surface area contributed by atoms with Crippen LogP contribution in [0.25, 0.3) is 0 Å². The SMILES string of the molecule is CC(Br)CN(C(=O)OCc1ccccc1)C(=O)OCc1ccccc1. The number of hydrogen-bond acceptors (Lipinski definition) is 4. The molecular weight excluding hydrogens is 386 g/mol. The fourth-order valence-electron chi connectivity index (χ4n) is 2.07. The quantitative estimate of drug-likeness (QED) is 0.650. The van der Waals surface area contributed by atoms with Crippen LogP contribution in [0.3, 0.4) is 0 Å². The minimum Gasteiger partial charge on any atom is -0.444 e. The monoisotopic (exact) mass is 405 g/mol. The van der Waals surface area contributed by atoms with Gasteiger partial charge in [0.2, 0.25) is 0 Å². The van der Waals surface area contributed by atoms with E-state index in [-0.39, 0.29) is 24.6 Å². The second kappa shape index (κ2) is 9.84. The predicted molar refractivity (Wildman–Crippen MR) is 98.3 cm³/mol. The Morgan fingerprint density at radius 3 is 1.64 bits per heavy atom. The maximum atomic E-state index is 12.3. The van der Waals surface area contributed by atoms with E-state index in [0.717, 1.165) is 16.0 Å². The van der Waals surface area contributed by atoms with E-state index in [1.54, 1.807) is 0 Å². The highest BCUT2D eigenvalue weighted by atomic mass is 79.9. The summed E-state index contributed by atoms with van der Waals surface area (Å²) in [5.74, 6) is 0. The van der Waals surface area contributed by atoms with Gasteiger partial charge in [-0.05, 0) is 11.1 Å². The smallest absolute Gasteiger partial charge is 0.419 e. The van der Waals surface area contributed by atoms with E-state index < -0.39 is 12.2 Å². The van der Waals surface area contributed by atoms with Crippen LogP contribution in [0.5, 0.6) is 0 Å². The van der Waals surface area contributed by atoms with Gasteiger partial charge in [-0.3, -0.25) is 0 Å². The van der Waals surface area contributed by atoms with Crippen molar-refractivity contribution >= 4 is 28.1 Å². The average Bonchev–Trinajstić information content (AvgIpc) is 2.64. The van der Waals surface area contributed by atoms with Crippen LogP contribution in [0.15, 0.2) is 60.7 Å². The molecule has 2 aromatic carbocycles. The molecular formula is C19H20BrNO4. The lowest BCUT2D eigenvalue weighted by molar-refractivity contribution is 0.0704. The standard InChI is InChI=1S/C19H20BrNO4/c1-15(20)12-21(18(22)24-13-16-8-4-2-5-9-16)19(23)25-14-17-10-6-3-7-11-17/h2-11,15H,12-14H2,1H3. The number of hydrogen-bond donors (Lipinski definition) is 0. The molecule has 2 aromatic rings. The van der Waals surface area contributed by atoms with Crippen LogP contribution < -0.4 is 0 Å². The lowest BCUT2D eigenvalue weighted by atomic mass is 10.2. The molecule has 0 heterocycles. The topological polar surface area (TPSA) is 55.8 Å². The van der Waals surface area contributed by atoms with E-state index in [1.807, 2.05) is 67.6 Å². The van der Waals surface area contributed by atoms with Crippen molar-refractivity contribution in [2.45, 2.75) is 25.0 Å². The molecule has 0 aliphatic carbocycles. The first-order chi connectivity index (χ1) is 12.1. The number of carbonyl (C=O) groups excluding carboxylic acids is 2. The van der Waals surface area contributed by atoms with Crippen molar-refractivity contribution in [1.82, 2.24) is 4.90 Å². The van der Waals surface area contributed by atoms with Gasteiger partial charge in [0.05, 0.1) is 0 Å². The van der Waals surface area contributed by atoms with Crippen molar-refractivity contribution in [3.05, 3.63) is 71.8 Å². The highest BCUT2D eigenvalue weighted by Crippen LogP contribution is 2.10. The molecule has 6 heteroatoms. The zero-order chi connectivity index (χ0) is 18.1. The normalized spacial score (nSPS) is 11.4. The molecule has 0 bridgehead atoms. The van der Waals surface area contributed by atoms with Gasteiger partial charge in [-0.2, -0.15) is 0 Å². The summed E-state index contributed by atoms with van der Waals surface area (Å²) in [5.41, 5.74) is 1.70. The van der Waals surface area contributed by atoms with Crippen LogP contribution in [0.1, 0.15) is 18.1 Å². The third-order valence-electron chi connectivity index (χ3n) is 3.29. The molecule has 0 radical (unpaired) electrons. The van der Waals surface area contributed by atoms with Gasteiger partial charge in [0, 0.05) is 11.4 Å². The molecule has 5 nitrogen and oxygen atoms in total. The Balaban J connectivity index is 1.93. The van der Waals surface area contributed by atoms with Gasteiger partial charge < -0.3 is 9.47 Å². The maximum Gasteiger partial charge on any atom is 0.419 e. The van der Waals surface area contributed by atoms with Gasteiger partial charge in [0.25, 0.3) is 0 Å². The summed E-state index contributed by atoms with van der Waals surface area (Å²) >= 11 is 3.35. The summed E-state index contributed by atoms with van der Waals surface area (Å²) in [6, 6.07) is 18.6. The van der Waals surface area contributed by atoms with Crippen LogP contribution in [0.4, 0.5) is 9.59 Å². The Labute approximate surface area is 155 Å². The van der Waals surface area contributed by atoms with E-state index in [9.17, 15) is 9.59 Å². The number of alkyl halides is 1. The Bertz CT molecular complexity index is 621. The molecule has 1 unspecified atom stereocenters. The summed E-state index contributed by atoms with van der Waals surface area (Å²) in [6.45, 7) is 2.18. The minimum absolute atomic E-state index is 0.0824. The number of nitrogens with zero attached hydrogens (tertiary/aromatic N) is 1. The second-order valence-electron chi connectivity index (χ2n) is 5.47. The zero-order valence-corrected chi connectivity index (χ0v) is 15.5. The van der Waals surface area contributed by atoms with Crippen molar-refractivity contribution < 1.29 is 19.1 Å². The molecule has 0 aromatic heterocycles. The predicted octanol–water partition coefficient (Wildman–Crippen LogP) is 4.75. The number of benzene rings is 2.